The largest absolute Gasteiger partial charge is 0.294 e. The van der Waals surface area contributed by atoms with Crippen molar-refractivity contribution in [3.63, 3.8) is 0 Å². The van der Waals surface area contributed by atoms with Gasteiger partial charge >= 0.3 is 0 Å². The number of rotatable bonds is 0. The normalized spacial score (nSPS) is 12.9. The maximum absolute atomic E-state index is 11.5. The Morgan fingerprint density at radius 2 is 2.07 bits per heavy atom. The van der Waals surface area contributed by atoms with Crippen LogP contribution in [0.5, 0.6) is 0 Å². The van der Waals surface area contributed by atoms with Gasteiger partial charge in [0.05, 0.1) is 0 Å². The summed E-state index contributed by atoms with van der Waals surface area (Å²) in [5, 5.41) is 17.5. The molecule has 0 N–H and O–H groups in total. The highest BCUT2D eigenvalue weighted by Crippen LogP contribution is 2.33. The Balaban J connectivity index is 2.71. The van der Waals surface area contributed by atoms with E-state index in [1.165, 1.54) is 6.20 Å². The first-order valence-electron chi connectivity index (χ1n) is 4.29. The van der Waals surface area contributed by atoms with Gasteiger partial charge in [-0.2, -0.15) is 10.5 Å². The summed E-state index contributed by atoms with van der Waals surface area (Å²) >= 11 is 0. The minimum absolute atomic E-state index is 0.00769. The van der Waals surface area contributed by atoms with Crippen LogP contribution < -0.4 is 0 Å². The number of ketones is 1. The second-order valence-corrected chi connectivity index (χ2v) is 3.10. The molecule has 1 heterocycles. The average Bonchev–Trinajstić information content (AvgIpc) is 2.60. The molecule has 1 aromatic rings. The van der Waals surface area contributed by atoms with Gasteiger partial charge in [0.2, 0.25) is 0 Å². The van der Waals surface area contributed by atoms with Crippen molar-refractivity contribution in [1.29, 1.82) is 10.5 Å². The third-order valence-electron chi connectivity index (χ3n) is 2.31. The van der Waals surface area contributed by atoms with Crippen molar-refractivity contribution in [1.82, 2.24) is 4.98 Å². The Morgan fingerprint density at radius 3 is 2.73 bits per heavy atom. The maximum Gasteiger partial charge on any atom is 0.169 e. The van der Waals surface area contributed by atoms with E-state index in [0.717, 1.165) is 0 Å². The minimum atomic E-state index is -0.0869. The van der Waals surface area contributed by atoms with E-state index in [1.807, 2.05) is 0 Å². The molecule has 0 aromatic carbocycles. The van der Waals surface area contributed by atoms with Crippen molar-refractivity contribution >= 4 is 11.4 Å². The number of aromatic nitrogens is 1. The summed E-state index contributed by atoms with van der Waals surface area (Å²) in [4.78, 5) is 15.4. The number of nitrogens with zero attached hydrogens (tertiary/aromatic N) is 3. The topological polar surface area (TPSA) is 77.5 Å². The summed E-state index contributed by atoms with van der Waals surface area (Å²) in [7, 11) is 0. The second-order valence-electron chi connectivity index (χ2n) is 3.10. The molecule has 4 nitrogen and oxygen atoms in total. The van der Waals surface area contributed by atoms with E-state index in [9.17, 15) is 4.79 Å². The van der Waals surface area contributed by atoms with Crippen LogP contribution >= 0.6 is 0 Å². The molecule has 0 fully saturated rings. The van der Waals surface area contributed by atoms with Gasteiger partial charge in [0.1, 0.15) is 17.7 Å². The SMILES string of the molecule is N#CC(C#N)=C1CC(=O)c2cnccc21. The molecule has 0 atom stereocenters. The zero-order valence-electron chi connectivity index (χ0n) is 7.69. The molecule has 0 aliphatic heterocycles. The Hall–Kier alpha value is -2.46. The van der Waals surface area contributed by atoms with E-state index in [2.05, 4.69) is 4.98 Å². The molecule has 70 valence electrons. The Labute approximate surface area is 86.1 Å². The van der Waals surface area contributed by atoms with E-state index in [0.29, 0.717) is 16.7 Å². The fourth-order valence-electron chi connectivity index (χ4n) is 1.61. The lowest BCUT2D eigenvalue weighted by molar-refractivity contribution is 0.100. The smallest absolute Gasteiger partial charge is 0.169 e. The number of pyridine rings is 1. The van der Waals surface area contributed by atoms with Crippen LogP contribution in [-0.2, 0) is 0 Å². The number of allylic oxidation sites excluding steroid dienone is 2. The Bertz CT molecular complexity index is 542. The Morgan fingerprint density at radius 1 is 1.33 bits per heavy atom. The van der Waals surface area contributed by atoms with Gasteiger partial charge in [0.25, 0.3) is 0 Å². The molecule has 0 unspecified atom stereocenters. The summed E-state index contributed by atoms with van der Waals surface area (Å²) in [6.45, 7) is 0. The molecule has 0 saturated carbocycles. The first kappa shape index (κ1) is 9.11. The van der Waals surface area contributed by atoms with Gasteiger partial charge in [0.15, 0.2) is 5.78 Å². The second kappa shape index (κ2) is 3.36. The number of hydrogen-bond acceptors (Lipinski definition) is 4. The molecule has 1 aliphatic carbocycles. The van der Waals surface area contributed by atoms with Gasteiger partial charge in [0, 0.05) is 24.4 Å². The highest BCUT2D eigenvalue weighted by molar-refractivity contribution is 6.12. The van der Waals surface area contributed by atoms with Gasteiger partial charge in [-0.15, -0.1) is 0 Å². The van der Waals surface area contributed by atoms with Crippen LogP contribution in [0.2, 0.25) is 0 Å². The summed E-state index contributed by atoms with van der Waals surface area (Å²) in [5.74, 6) is -0.0869. The summed E-state index contributed by atoms with van der Waals surface area (Å²) in [5.41, 5.74) is 1.68. The molecule has 0 amide bonds. The van der Waals surface area contributed by atoms with Crippen LogP contribution in [0.25, 0.3) is 5.57 Å². The van der Waals surface area contributed by atoms with Crippen molar-refractivity contribution in [3.05, 3.63) is 35.2 Å². The van der Waals surface area contributed by atoms with Crippen LogP contribution in [0.3, 0.4) is 0 Å². The van der Waals surface area contributed by atoms with Gasteiger partial charge in [-0.1, -0.05) is 0 Å². The molecule has 1 aromatic heterocycles. The zero-order chi connectivity index (χ0) is 10.8. The van der Waals surface area contributed by atoms with Gasteiger partial charge in [-0.25, -0.2) is 0 Å². The van der Waals surface area contributed by atoms with Crippen molar-refractivity contribution in [2.45, 2.75) is 6.42 Å². The third-order valence-corrected chi connectivity index (χ3v) is 2.31. The minimum Gasteiger partial charge on any atom is -0.294 e. The number of fused-ring (bicyclic) bond motifs is 1. The molecule has 2 rings (SSSR count). The highest BCUT2D eigenvalue weighted by atomic mass is 16.1. The van der Waals surface area contributed by atoms with Crippen LogP contribution in [0.1, 0.15) is 22.3 Å². The summed E-state index contributed by atoms with van der Waals surface area (Å²) in [6.07, 6.45) is 3.14. The quantitative estimate of drug-likeness (QED) is 0.587. The van der Waals surface area contributed by atoms with Gasteiger partial charge < -0.3 is 0 Å². The van der Waals surface area contributed by atoms with Crippen LogP contribution in [-0.4, -0.2) is 10.8 Å². The van der Waals surface area contributed by atoms with Crippen LogP contribution in [0.15, 0.2) is 24.0 Å². The molecule has 4 heteroatoms. The van der Waals surface area contributed by atoms with Crippen molar-refractivity contribution < 1.29 is 4.79 Å². The third kappa shape index (κ3) is 1.29. The molecular formula is C11H5N3O. The molecule has 0 saturated heterocycles. The average molecular weight is 195 g/mol. The summed E-state index contributed by atoms with van der Waals surface area (Å²) in [6, 6.07) is 5.26. The zero-order valence-corrected chi connectivity index (χ0v) is 7.69. The highest BCUT2D eigenvalue weighted by Gasteiger charge is 2.26. The molecule has 1 aliphatic rings. The fourth-order valence-corrected chi connectivity index (χ4v) is 1.61. The van der Waals surface area contributed by atoms with Crippen molar-refractivity contribution in [2.24, 2.45) is 0 Å². The molecule has 0 radical (unpaired) electrons. The predicted octanol–water partition coefficient (Wildman–Crippen LogP) is 1.47. The molecule has 15 heavy (non-hydrogen) atoms. The van der Waals surface area contributed by atoms with Gasteiger partial charge in [-0.3, -0.25) is 9.78 Å². The van der Waals surface area contributed by atoms with E-state index < -0.39 is 0 Å². The van der Waals surface area contributed by atoms with Crippen LogP contribution in [0, 0.1) is 22.7 Å². The first-order valence-corrected chi connectivity index (χ1v) is 4.29. The first-order chi connectivity index (χ1) is 7.27. The number of Topliss-reactive ketones (excluding diaryl/α,β-unsaturated/α-hetero) is 1. The Kier molecular flexibility index (Phi) is 2.04. The molecule has 0 spiro atoms. The van der Waals surface area contributed by atoms with Crippen LogP contribution in [0.4, 0.5) is 0 Å². The van der Waals surface area contributed by atoms with E-state index >= 15 is 0 Å². The number of hydrogen-bond donors (Lipinski definition) is 0. The number of carbonyl (C=O) groups excluding carboxylic acids is 1. The summed E-state index contributed by atoms with van der Waals surface area (Å²) < 4.78 is 0. The maximum atomic E-state index is 11.5. The lowest BCUT2D eigenvalue weighted by atomic mass is 10.0. The molecular weight excluding hydrogens is 190 g/mol. The number of carbonyl (C=O) groups is 1. The predicted molar refractivity (Wildman–Crippen MR) is 51.3 cm³/mol. The number of nitriles is 2. The van der Waals surface area contributed by atoms with E-state index in [4.69, 9.17) is 10.5 Å². The monoisotopic (exact) mass is 195 g/mol. The van der Waals surface area contributed by atoms with Gasteiger partial charge in [-0.05, 0) is 17.2 Å². The molecule has 0 bridgehead atoms. The lowest BCUT2D eigenvalue weighted by Crippen LogP contribution is -1.90. The van der Waals surface area contributed by atoms with Crippen molar-refractivity contribution in [3.8, 4) is 12.1 Å². The fraction of sp³-hybridized carbons (Fsp3) is 0.0909. The standard InChI is InChI=1S/C11H5N3O/c12-4-7(5-13)9-3-11(15)10-6-14-2-1-8(9)10/h1-2,6H,3H2. The van der Waals surface area contributed by atoms with E-state index in [-0.39, 0.29) is 17.8 Å². The van der Waals surface area contributed by atoms with E-state index in [1.54, 1.807) is 24.4 Å². The van der Waals surface area contributed by atoms with Crippen molar-refractivity contribution in [2.75, 3.05) is 0 Å². The lowest BCUT2D eigenvalue weighted by Gasteiger charge is -1.97.